The lowest BCUT2D eigenvalue weighted by Crippen LogP contribution is -2.66. The number of fused-ring (bicyclic) bond motifs is 1. The van der Waals surface area contributed by atoms with Crippen LogP contribution in [0.15, 0.2) is 95.6 Å². The minimum absolute atomic E-state index is 0.0254. The van der Waals surface area contributed by atoms with Crippen LogP contribution in [0.3, 0.4) is 0 Å². The molecule has 0 spiro atoms. The van der Waals surface area contributed by atoms with Crippen molar-refractivity contribution in [1.29, 1.82) is 0 Å². The van der Waals surface area contributed by atoms with Gasteiger partial charge < -0.3 is 19.2 Å². The fourth-order valence-corrected chi connectivity index (χ4v) is 14.0. The summed E-state index contributed by atoms with van der Waals surface area (Å²) in [5, 5.41) is 22.2. The summed E-state index contributed by atoms with van der Waals surface area (Å²) in [6.07, 6.45) is 4.42. The molecule has 0 amide bonds. The number of phenolic OH excluding ortho intramolecular Hbond substituents is 1. The molecule has 6 nitrogen and oxygen atoms in total. The number of benzene rings is 3. The van der Waals surface area contributed by atoms with Gasteiger partial charge in [-0.2, -0.15) is 0 Å². The third-order valence-electron chi connectivity index (χ3n) is 9.17. The van der Waals surface area contributed by atoms with Crippen molar-refractivity contribution in [1.82, 2.24) is 0 Å². The maximum atomic E-state index is 13.6. The van der Waals surface area contributed by atoms with E-state index >= 15 is 0 Å². The highest BCUT2D eigenvalue weighted by atomic mass is 35.5. The average Bonchev–Trinajstić information content (AvgIpc) is 3.27. The molecule has 46 heavy (non-hydrogen) atoms. The summed E-state index contributed by atoms with van der Waals surface area (Å²) in [5.74, 6) is 0.00970. The van der Waals surface area contributed by atoms with E-state index in [1.807, 2.05) is 42.5 Å². The Morgan fingerprint density at radius 2 is 1.67 bits per heavy atom. The highest BCUT2D eigenvalue weighted by molar-refractivity contribution is 7.92. The molecule has 2 aliphatic heterocycles. The van der Waals surface area contributed by atoms with Gasteiger partial charge in [-0.15, -0.1) is 0 Å². The Morgan fingerprint density at radius 3 is 2.24 bits per heavy atom. The van der Waals surface area contributed by atoms with Crippen molar-refractivity contribution < 1.29 is 27.6 Å². The number of rotatable bonds is 11. The Morgan fingerprint density at radius 1 is 1.04 bits per heavy atom. The van der Waals surface area contributed by atoms with Gasteiger partial charge in [0.1, 0.15) is 5.75 Å². The first-order valence-corrected chi connectivity index (χ1v) is 20.1. The van der Waals surface area contributed by atoms with Crippen molar-refractivity contribution >= 4 is 53.3 Å². The summed E-state index contributed by atoms with van der Waals surface area (Å²) in [4.78, 5) is 0. The Balaban J connectivity index is 1.50. The number of hydrogen-bond donors (Lipinski definition) is 2. The zero-order chi connectivity index (χ0) is 33.1. The number of phenols is 1. The molecule has 2 N–H and O–H groups in total. The molecule has 1 saturated heterocycles. The van der Waals surface area contributed by atoms with E-state index in [2.05, 4.69) is 52.0 Å². The molecule has 2 heterocycles. The summed E-state index contributed by atoms with van der Waals surface area (Å²) >= 11 is 6.41. The fourth-order valence-electron chi connectivity index (χ4n) is 7.12. The maximum Gasteiger partial charge on any atom is 0.456 e. The zero-order valence-electron chi connectivity index (χ0n) is 27.1. The minimum atomic E-state index is -3.54. The first-order valence-electron chi connectivity index (χ1n) is 16.1. The largest absolute Gasteiger partial charge is 0.508 e. The van der Waals surface area contributed by atoms with E-state index < -0.39 is 36.6 Å². The van der Waals surface area contributed by atoms with Crippen LogP contribution in [0.1, 0.15) is 58.9 Å². The van der Waals surface area contributed by atoms with Crippen LogP contribution in [0.25, 0.3) is 6.08 Å². The molecule has 0 aromatic heterocycles. The molecule has 2 atom stereocenters. The molecular weight excluding hydrogens is 635 g/mol. The highest BCUT2D eigenvalue weighted by Gasteiger charge is 2.52. The van der Waals surface area contributed by atoms with Crippen molar-refractivity contribution in [2.24, 2.45) is 0 Å². The monoisotopic (exact) mass is 678 g/mol. The molecule has 2 aliphatic rings. The number of sulfone groups is 1. The van der Waals surface area contributed by atoms with E-state index in [9.17, 15) is 18.5 Å². The number of aromatic hydroxyl groups is 1. The second-order valence-corrected chi connectivity index (χ2v) is 20.3. The van der Waals surface area contributed by atoms with Gasteiger partial charge in [-0.25, -0.2) is 8.42 Å². The van der Waals surface area contributed by atoms with E-state index in [4.69, 9.17) is 20.7 Å². The molecule has 5 rings (SSSR count). The van der Waals surface area contributed by atoms with Crippen LogP contribution in [0.2, 0.25) is 16.4 Å². The fraction of sp³-hybridized carbons (Fsp3) is 0.389. The summed E-state index contributed by atoms with van der Waals surface area (Å²) in [7, 11) is -7.61. The SMILES string of the molecule is CCC/C(=C\c1ccc(O)cc1Cl)CC[C@H]1OB(O)C[C@H]2C1=C(CO[Si](c1ccccc1)(c1ccccc1)C(C)(C)C)CS2(=O)=O. The lowest BCUT2D eigenvalue weighted by Gasteiger charge is -2.43. The molecule has 0 aliphatic carbocycles. The minimum Gasteiger partial charge on any atom is -0.508 e. The van der Waals surface area contributed by atoms with Crippen molar-refractivity contribution in [3.8, 4) is 5.75 Å². The number of allylic oxidation sites excluding steroid dienone is 1. The highest BCUT2D eigenvalue weighted by Crippen LogP contribution is 2.42. The van der Waals surface area contributed by atoms with Crippen LogP contribution < -0.4 is 10.4 Å². The molecule has 244 valence electrons. The average molecular weight is 679 g/mol. The maximum absolute atomic E-state index is 13.6. The van der Waals surface area contributed by atoms with Gasteiger partial charge in [0.15, 0.2) is 9.84 Å². The molecule has 1 fully saturated rings. The standard InChI is InChI=1S/C36H44BClO6SSi/c1-5-12-26(21-27-18-19-29(39)22-32(27)38)17-20-33-35-28(25-45(41,42)34(35)23-37(40)44-33)24-43-46(36(2,3)4,30-13-8-6-9-14-30)31-15-10-7-11-16-31/h6-11,13-16,18-19,21-22,33-34,39-40H,5,12,17,20,23-25H2,1-4H3/b26-21+/t33-,34+/m1/s1. The Bertz CT molecular complexity index is 1650. The molecular formula is C36H44BClO6SSi. The second-order valence-electron chi connectivity index (χ2n) is 13.4. The van der Waals surface area contributed by atoms with E-state index in [0.717, 1.165) is 45.5 Å². The smallest absolute Gasteiger partial charge is 0.456 e. The van der Waals surface area contributed by atoms with Gasteiger partial charge in [0, 0.05) is 6.32 Å². The molecule has 0 unspecified atom stereocenters. The van der Waals surface area contributed by atoms with Gasteiger partial charge in [-0.05, 0) is 69.6 Å². The molecule has 0 saturated carbocycles. The van der Waals surface area contributed by atoms with Gasteiger partial charge in [0.2, 0.25) is 0 Å². The number of halogens is 1. The Hall–Kier alpha value is -2.66. The van der Waals surface area contributed by atoms with E-state index in [1.54, 1.807) is 12.1 Å². The predicted molar refractivity (Wildman–Crippen MR) is 191 cm³/mol. The summed E-state index contributed by atoms with van der Waals surface area (Å²) < 4.78 is 40.5. The quantitative estimate of drug-likeness (QED) is 0.176. The van der Waals surface area contributed by atoms with Gasteiger partial charge in [-0.3, -0.25) is 0 Å². The van der Waals surface area contributed by atoms with Gasteiger partial charge in [0.05, 0.1) is 28.7 Å². The van der Waals surface area contributed by atoms with Crippen molar-refractivity contribution in [2.75, 3.05) is 12.4 Å². The van der Waals surface area contributed by atoms with Gasteiger partial charge >= 0.3 is 7.12 Å². The van der Waals surface area contributed by atoms with Crippen molar-refractivity contribution in [2.45, 2.75) is 76.1 Å². The third-order valence-corrected chi connectivity index (χ3v) is 16.5. The first kappa shape index (κ1) is 34.7. The van der Waals surface area contributed by atoms with Crippen LogP contribution >= 0.6 is 11.6 Å². The van der Waals surface area contributed by atoms with Crippen LogP contribution in [-0.4, -0.2) is 57.7 Å². The molecule has 3 aromatic rings. The van der Waals surface area contributed by atoms with E-state index in [1.165, 1.54) is 6.07 Å². The van der Waals surface area contributed by atoms with E-state index in [0.29, 0.717) is 17.9 Å². The Labute approximate surface area is 280 Å². The van der Waals surface area contributed by atoms with Crippen LogP contribution in [0.4, 0.5) is 0 Å². The van der Waals surface area contributed by atoms with Crippen LogP contribution in [0, 0.1) is 0 Å². The zero-order valence-corrected chi connectivity index (χ0v) is 29.7. The first-order chi connectivity index (χ1) is 21.9. The topological polar surface area (TPSA) is 93.1 Å². The summed E-state index contributed by atoms with van der Waals surface area (Å²) in [6, 6.07) is 25.6. The second kappa shape index (κ2) is 14.2. The molecule has 0 radical (unpaired) electrons. The van der Waals surface area contributed by atoms with Crippen molar-refractivity contribution in [3.63, 3.8) is 0 Å². The lowest BCUT2D eigenvalue weighted by atomic mass is 9.74. The molecule has 10 heteroatoms. The Kier molecular flexibility index (Phi) is 10.7. The predicted octanol–water partition coefficient (Wildman–Crippen LogP) is 6.56. The summed E-state index contributed by atoms with van der Waals surface area (Å²) in [6.45, 7) is 8.90. The van der Waals surface area contributed by atoms with Gasteiger partial charge in [0.25, 0.3) is 8.32 Å². The molecule has 3 aromatic carbocycles. The lowest BCUT2D eigenvalue weighted by molar-refractivity contribution is 0.168. The van der Waals surface area contributed by atoms with Crippen molar-refractivity contribution in [3.05, 3.63) is 106 Å². The van der Waals surface area contributed by atoms with Crippen LogP contribution in [0.5, 0.6) is 5.75 Å². The van der Waals surface area contributed by atoms with Gasteiger partial charge in [-0.1, -0.05) is 118 Å². The van der Waals surface area contributed by atoms with Crippen LogP contribution in [-0.2, 0) is 18.9 Å². The van der Waals surface area contributed by atoms with E-state index in [-0.39, 0.29) is 29.5 Å². The number of hydrogen-bond acceptors (Lipinski definition) is 6. The summed E-state index contributed by atoms with van der Waals surface area (Å²) in [5.41, 5.74) is 3.45. The third kappa shape index (κ3) is 7.25. The normalized spacial score (nSPS) is 20.2. The molecule has 0 bridgehead atoms.